The van der Waals surface area contributed by atoms with Crippen LogP contribution in [-0.4, -0.2) is 34.4 Å². The molecule has 1 N–H and O–H groups in total. The van der Waals surface area contributed by atoms with Gasteiger partial charge in [0.25, 0.3) is 0 Å². The molecule has 22 heavy (non-hydrogen) atoms. The van der Waals surface area contributed by atoms with Crippen LogP contribution >= 0.6 is 22.6 Å². The largest absolute Gasteiger partial charge is 0.493 e. The maximum absolute atomic E-state index is 11.9. The Hall–Kier alpha value is -1.84. The number of halogens is 1. The number of carbonyl (C=O) groups excluding carboxylic acids is 1. The van der Waals surface area contributed by atoms with Gasteiger partial charge in [-0.3, -0.25) is 10.1 Å². The van der Waals surface area contributed by atoms with E-state index in [1.165, 1.54) is 6.33 Å². The smallest absolute Gasteiger partial charge is 0.229 e. The minimum atomic E-state index is -0.204. The highest BCUT2D eigenvalue weighted by molar-refractivity contribution is 14.1. The topological polar surface area (TPSA) is 78.3 Å². The van der Waals surface area contributed by atoms with Crippen molar-refractivity contribution >= 4 is 34.4 Å². The number of hydrogen-bond acceptors (Lipinski definition) is 5. The van der Waals surface area contributed by atoms with Gasteiger partial charge in [0, 0.05) is 0 Å². The minimum absolute atomic E-state index is 0.0756. The molecule has 3 rings (SSSR count). The number of ether oxygens (including phenoxy) is 2. The SMILES string of the molecule is CCOc1c(I)cc([C@H]2CC(=O)Nc3ncnn32)cc1OC. The van der Waals surface area contributed by atoms with Gasteiger partial charge in [0.1, 0.15) is 6.33 Å². The Balaban J connectivity index is 2.06. The first kappa shape index (κ1) is 15.1. The maximum Gasteiger partial charge on any atom is 0.229 e. The van der Waals surface area contributed by atoms with Crippen molar-refractivity contribution in [2.45, 2.75) is 19.4 Å². The molecule has 0 bridgehead atoms. The second-order valence-electron chi connectivity index (χ2n) is 4.76. The molecule has 1 aliphatic heterocycles. The number of benzene rings is 1. The Bertz CT molecular complexity index is 716. The predicted molar refractivity (Wildman–Crippen MR) is 88.3 cm³/mol. The molecule has 2 heterocycles. The second kappa shape index (κ2) is 6.11. The van der Waals surface area contributed by atoms with E-state index in [0.717, 1.165) is 9.13 Å². The molecule has 1 amide bonds. The molecule has 0 saturated heterocycles. The van der Waals surface area contributed by atoms with E-state index in [-0.39, 0.29) is 11.9 Å². The number of aromatic nitrogens is 3. The van der Waals surface area contributed by atoms with E-state index in [2.05, 4.69) is 38.0 Å². The van der Waals surface area contributed by atoms with Crippen LogP contribution in [0.5, 0.6) is 11.5 Å². The Morgan fingerprint density at radius 1 is 1.50 bits per heavy atom. The van der Waals surface area contributed by atoms with Gasteiger partial charge in [0.15, 0.2) is 11.5 Å². The van der Waals surface area contributed by atoms with Crippen molar-refractivity contribution in [1.82, 2.24) is 14.8 Å². The van der Waals surface area contributed by atoms with E-state index >= 15 is 0 Å². The van der Waals surface area contributed by atoms with E-state index < -0.39 is 0 Å². The third-order valence-corrected chi connectivity index (χ3v) is 4.22. The zero-order valence-electron chi connectivity index (χ0n) is 12.2. The molecular formula is C14H15IN4O3. The first-order valence-corrected chi connectivity index (χ1v) is 7.91. The molecule has 0 fully saturated rings. The average Bonchev–Trinajstić information content (AvgIpc) is 2.96. The molecule has 1 aromatic carbocycles. The number of nitrogens with zero attached hydrogens (tertiary/aromatic N) is 3. The molecule has 1 atom stereocenters. The number of carbonyl (C=O) groups is 1. The van der Waals surface area contributed by atoms with Crippen molar-refractivity contribution in [3.05, 3.63) is 27.6 Å². The second-order valence-corrected chi connectivity index (χ2v) is 5.93. The highest BCUT2D eigenvalue weighted by Crippen LogP contribution is 2.38. The van der Waals surface area contributed by atoms with Crippen molar-refractivity contribution in [2.24, 2.45) is 0 Å². The number of anilines is 1. The lowest BCUT2D eigenvalue weighted by atomic mass is 10.0. The van der Waals surface area contributed by atoms with Crippen LogP contribution in [0, 0.1) is 3.57 Å². The van der Waals surface area contributed by atoms with Gasteiger partial charge in [-0.25, -0.2) is 4.68 Å². The fourth-order valence-electron chi connectivity index (χ4n) is 2.48. The van der Waals surface area contributed by atoms with Gasteiger partial charge in [0.05, 0.1) is 29.7 Å². The summed E-state index contributed by atoms with van der Waals surface area (Å²) in [6, 6.07) is 3.68. The van der Waals surface area contributed by atoms with E-state index in [1.54, 1.807) is 11.8 Å². The summed E-state index contributed by atoms with van der Waals surface area (Å²) in [6.45, 7) is 2.49. The molecule has 7 nitrogen and oxygen atoms in total. The van der Waals surface area contributed by atoms with Crippen molar-refractivity contribution in [1.29, 1.82) is 0 Å². The van der Waals surface area contributed by atoms with Gasteiger partial charge < -0.3 is 9.47 Å². The van der Waals surface area contributed by atoms with E-state index in [0.29, 0.717) is 30.5 Å². The van der Waals surface area contributed by atoms with Crippen molar-refractivity contribution in [3.63, 3.8) is 0 Å². The number of hydrogen-bond donors (Lipinski definition) is 1. The predicted octanol–water partition coefficient (Wildman–Crippen LogP) is 2.22. The minimum Gasteiger partial charge on any atom is -0.493 e. The molecule has 0 aliphatic carbocycles. The van der Waals surface area contributed by atoms with Crippen LogP contribution in [0.4, 0.5) is 5.95 Å². The van der Waals surface area contributed by atoms with Gasteiger partial charge in [-0.05, 0) is 47.2 Å². The number of rotatable bonds is 4. The van der Waals surface area contributed by atoms with Crippen LogP contribution in [0.3, 0.4) is 0 Å². The molecule has 0 unspecified atom stereocenters. The summed E-state index contributed by atoms with van der Waals surface area (Å²) in [4.78, 5) is 15.9. The summed E-state index contributed by atoms with van der Waals surface area (Å²) < 4.78 is 13.7. The van der Waals surface area contributed by atoms with Gasteiger partial charge in [-0.15, -0.1) is 0 Å². The van der Waals surface area contributed by atoms with Crippen LogP contribution in [0.2, 0.25) is 0 Å². The molecular weight excluding hydrogens is 399 g/mol. The van der Waals surface area contributed by atoms with Gasteiger partial charge >= 0.3 is 0 Å². The first-order valence-electron chi connectivity index (χ1n) is 6.83. The van der Waals surface area contributed by atoms with E-state index in [1.807, 2.05) is 19.1 Å². The Morgan fingerprint density at radius 3 is 3.05 bits per heavy atom. The summed E-state index contributed by atoms with van der Waals surface area (Å²) >= 11 is 2.21. The van der Waals surface area contributed by atoms with Crippen LogP contribution in [0.1, 0.15) is 24.9 Å². The summed E-state index contributed by atoms with van der Waals surface area (Å²) in [6.07, 6.45) is 1.74. The number of nitrogens with one attached hydrogen (secondary N) is 1. The van der Waals surface area contributed by atoms with Crippen LogP contribution in [-0.2, 0) is 4.79 Å². The van der Waals surface area contributed by atoms with Crippen molar-refractivity contribution in [2.75, 3.05) is 19.0 Å². The summed E-state index contributed by atoms with van der Waals surface area (Å²) in [5.41, 5.74) is 0.936. The van der Waals surface area contributed by atoms with Gasteiger partial charge in [0.2, 0.25) is 11.9 Å². The highest BCUT2D eigenvalue weighted by atomic mass is 127. The normalized spacial score (nSPS) is 16.9. The molecule has 0 spiro atoms. The summed E-state index contributed by atoms with van der Waals surface area (Å²) in [7, 11) is 1.60. The maximum atomic E-state index is 11.9. The van der Waals surface area contributed by atoms with Crippen molar-refractivity contribution < 1.29 is 14.3 Å². The van der Waals surface area contributed by atoms with Crippen LogP contribution in [0.25, 0.3) is 0 Å². The van der Waals surface area contributed by atoms with Crippen molar-refractivity contribution in [3.8, 4) is 11.5 Å². The molecule has 1 aromatic heterocycles. The van der Waals surface area contributed by atoms with E-state index in [4.69, 9.17) is 9.47 Å². The fraction of sp³-hybridized carbons (Fsp3) is 0.357. The molecule has 1 aliphatic rings. The van der Waals surface area contributed by atoms with Gasteiger partial charge in [-0.1, -0.05) is 0 Å². The zero-order valence-corrected chi connectivity index (χ0v) is 14.3. The number of fused-ring (bicyclic) bond motifs is 1. The quantitative estimate of drug-likeness (QED) is 0.777. The Kier molecular flexibility index (Phi) is 4.19. The lowest BCUT2D eigenvalue weighted by Gasteiger charge is -2.24. The standard InChI is InChI=1S/C14H15IN4O3/c1-3-22-13-9(15)4-8(5-11(13)21-2)10-6-12(20)18-14-16-7-17-19(10)14/h4-5,7,10H,3,6H2,1-2H3,(H,16,17,18,20)/t10-/m1/s1. The number of amides is 1. The zero-order chi connectivity index (χ0) is 15.7. The van der Waals surface area contributed by atoms with Crippen LogP contribution in [0.15, 0.2) is 18.5 Å². The summed E-state index contributed by atoms with van der Waals surface area (Å²) in [5, 5.41) is 6.92. The molecule has 2 aromatic rings. The first-order chi connectivity index (χ1) is 10.6. The third-order valence-electron chi connectivity index (χ3n) is 3.42. The average molecular weight is 414 g/mol. The Labute approximate surface area is 141 Å². The third kappa shape index (κ3) is 2.62. The lowest BCUT2D eigenvalue weighted by Crippen LogP contribution is -2.29. The molecule has 0 radical (unpaired) electrons. The summed E-state index contributed by atoms with van der Waals surface area (Å²) in [5.74, 6) is 1.75. The Morgan fingerprint density at radius 2 is 2.32 bits per heavy atom. The monoisotopic (exact) mass is 414 g/mol. The highest BCUT2D eigenvalue weighted by Gasteiger charge is 2.29. The fourth-order valence-corrected chi connectivity index (χ4v) is 3.26. The molecule has 8 heteroatoms. The van der Waals surface area contributed by atoms with E-state index in [9.17, 15) is 4.79 Å². The molecule has 116 valence electrons. The van der Waals surface area contributed by atoms with Gasteiger partial charge in [-0.2, -0.15) is 10.1 Å². The van der Waals surface area contributed by atoms with Crippen LogP contribution < -0.4 is 14.8 Å². The number of methoxy groups -OCH3 is 1. The lowest BCUT2D eigenvalue weighted by molar-refractivity contribution is -0.117. The molecule has 0 saturated carbocycles.